The number of aromatic nitrogens is 2. The number of furan rings is 1. The summed E-state index contributed by atoms with van der Waals surface area (Å²) in [6.45, 7) is 3.94. The van der Waals surface area contributed by atoms with Crippen molar-refractivity contribution in [3.8, 4) is 5.69 Å². The Morgan fingerprint density at radius 3 is 2.40 bits per heavy atom. The Morgan fingerprint density at radius 2 is 1.66 bits per heavy atom. The SMILES string of the molecule is Cc1cc(C)n(-c2cccc(NC(=O)Cc3ccc(NC(=O)c4cc5ccccc5o4)cc3)c2)n1. The van der Waals surface area contributed by atoms with E-state index >= 15 is 0 Å². The van der Waals surface area contributed by atoms with E-state index in [1.54, 1.807) is 18.2 Å². The molecule has 0 spiro atoms. The first kappa shape index (κ1) is 22.2. The number of nitrogens with one attached hydrogen (secondary N) is 2. The summed E-state index contributed by atoms with van der Waals surface area (Å²) in [6, 6.07) is 26.0. The fourth-order valence-electron chi connectivity index (χ4n) is 3.99. The molecule has 2 N–H and O–H groups in total. The van der Waals surface area contributed by atoms with Crippen LogP contribution in [-0.4, -0.2) is 21.6 Å². The van der Waals surface area contributed by atoms with Crippen LogP contribution >= 0.6 is 0 Å². The molecule has 0 atom stereocenters. The number of nitrogens with zero attached hydrogens (tertiary/aromatic N) is 2. The van der Waals surface area contributed by atoms with Gasteiger partial charge in [0.2, 0.25) is 5.91 Å². The first-order chi connectivity index (χ1) is 16.9. The minimum Gasteiger partial charge on any atom is -0.451 e. The summed E-state index contributed by atoms with van der Waals surface area (Å²) >= 11 is 0. The van der Waals surface area contributed by atoms with Crippen molar-refractivity contribution < 1.29 is 14.0 Å². The number of anilines is 2. The van der Waals surface area contributed by atoms with Gasteiger partial charge in [-0.25, -0.2) is 4.68 Å². The van der Waals surface area contributed by atoms with Gasteiger partial charge in [-0.2, -0.15) is 5.10 Å². The predicted molar refractivity (Wildman–Crippen MR) is 136 cm³/mol. The second kappa shape index (κ2) is 9.30. The highest BCUT2D eigenvalue weighted by atomic mass is 16.3. The summed E-state index contributed by atoms with van der Waals surface area (Å²) in [5.74, 6) is -0.207. The summed E-state index contributed by atoms with van der Waals surface area (Å²) in [4.78, 5) is 25.1. The van der Waals surface area contributed by atoms with Crippen molar-refractivity contribution in [2.45, 2.75) is 20.3 Å². The van der Waals surface area contributed by atoms with Crippen molar-refractivity contribution in [2.75, 3.05) is 10.6 Å². The van der Waals surface area contributed by atoms with E-state index < -0.39 is 0 Å². The number of para-hydroxylation sites is 1. The zero-order valence-electron chi connectivity index (χ0n) is 19.4. The highest BCUT2D eigenvalue weighted by Gasteiger charge is 2.13. The molecule has 7 nitrogen and oxygen atoms in total. The molecule has 2 heterocycles. The summed E-state index contributed by atoms with van der Waals surface area (Å²) < 4.78 is 7.46. The van der Waals surface area contributed by atoms with Crippen molar-refractivity contribution >= 4 is 34.2 Å². The number of benzene rings is 3. The van der Waals surface area contributed by atoms with E-state index in [0.717, 1.165) is 28.0 Å². The number of fused-ring (bicyclic) bond motifs is 1. The molecular formula is C28H24N4O3. The normalized spacial score (nSPS) is 10.9. The quantitative estimate of drug-likeness (QED) is 0.339. The van der Waals surface area contributed by atoms with Crippen molar-refractivity contribution in [2.24, 2.45) is 0 Å². The maximum Gasteiger partial charge on any atom is 0.291 e. The molecule has 174 valence electrons. The molecule has 0 fully saturated rings. The van der Waals surface area contributed by atoms with E-state index in [1.807, 2.05) is 85.3 Å². The number of carbonyl (C=O) groups is 2. The van der Waals surface area contributed by atoms with E-state index in [0.29, 0.717) is 17.0 Å². The minimum atomic E-state index is -0.325. The van der Waals surface area contributed by atoms with Crippen LogP contribution in [-0.2, 0) is 11.2 Å². The first-order valence-electron chi connectivity index (χ1n) is 11.3. The molecule has 35 heavy (non-hydrogen) atoms. The lowest BCUT2D eigenvalue weighted by Crippen LogP contribution is -2.15. The van der Waals surface area contributed by atoms with Crippen LogP contribution in [0, 0.1) is 13.8 Å². The fraction of sp³-hybridized carbons (Fsp3) is 0.107. The fourth-order valence-corrected chi connectivity index (χ4v) is 3.99. The maximum atomic E-state index is 12.6. The Hall–Kier alpha value is -4.65. The third-order valence-corrected chi connectivity index (χ3v) is 5.61. The molecule has 0 saturated heterocycles. The van der Waals surface area contributed by atoms with Crippen LogP contribution in [0.4, 0.5) is 11.4 Å². The third-order valence-electron chi connectivity index (χ3n) is 5.61. The molecule has 3 aromatic carbocycles. The van der Waals surface area contributed by atoms with Crippen LogP contribution in [0.2, 0.25) is 0 Å². The molecule has 0 aliphatic carbocycles. The molecule has 0 unspecified atom stereocenters. The van der Waals surface area contributed by atoms with Gasteiger partial charge in [0.1, 0.15) is 5.58 Å². The van der Waals surface area contributed by atoms with Gasteiger partial charge in [-0.05, 0) is 67.9 Å². The Balaban J connectivity index is 1.20. The van der Waals surface area contributed by atoms with E-state index in [-0.39, 0.29) is 24.0 Å². The highest BCUT2D eigenvalue weighted by molar-refractivity contribution is 6.04. The molecule has 0 aliphatic heterocycles. The van der Waals surface area contributed by atoms with Crippen LogP contribution in [0.15, 0.2) is 89.3 Å². The Morgan fingerprint density at radius 1 is 0.857 bits per heavy atom. The summed E-state index contributed by atoms with van der Waals surface area (Å²) in [7, 11) is 0. The van der Waals surface area contributed by atoms with Gasteiger partial charge in [0, 0.05) is 22.5 Å². The maximum absolute atomic E-state index is 12.6. The smallest absolute Gasteiger partial charge is 0.291 e. The van der Waals surface area contributed by atoms with Crippen LogP contribution < -0.4 is 10.6 Å². The second-order valence-electron chi connectivity index (χ2n) is 8.41. The molecule has 0 bridgehead atoms. The lowest BCUT2D eigenvalue weighted by Gasteiger charge is -2.09. The summed E-state index contributed by atoms with van der Waals surface area (Å²) in [5, 5.41) is 11.1. The Kier molecular flexibility index (Phi) is 5.89. The van der Waals surface area contributed by atoms with Gasteiger partial charge in [0.15, 0.2) is 5.76 Å². The van der Waals surface area contributed by atoms with E-state index in [1.165, 1.54) is 0 Å². The van der Waals surface area contributed by atoms with Crippen LogP contribution in [0.25, 0.3) is 16.7 Å². The predicted octanol–water partition coefficient (Wildman–Crippen LogP) is 5.67. The zero-order valence-corrected chi connectivity index (χ0v) is 19.4. The molecule has 5 rings (SSSR count). The van der Waals surface area contributed by atoms with Gasteiger partial charge in [-0.15, -0.1) is 0 Å². The van der Waals surface area contributed by atoms with Crippen molar-refractivity contribution in [3.05, 3.63) is 108 Å². The average Bonchev–Trinajstić information content (AvgIpc) is 3.43. The van der Waals surface area contributed by atoms with Crippen molar-refractivity contribution in [1.29, 1.82) is 0 Å². The van der Waals surface area contributed by atoms with Gasteiger partial charge in [0.25, 0.3) is 5.91 Å². The molecule has 0 radical (unpaired) electrons. The third kappa shape index (κ3) is 4.99. The lowest BCUT2D eigenvalue weighted by molar-refractivity contribution is -0.115. The number of hydrogen-bond donors (Lipinski definition) is 2. The molecule has 0 saturated carbocycles. The van der Waals surface area contributed by atoms with Crippen molar-refractivity contribution in [1.82, 2.24) is 9.78 Å². The number of carbonyl (C=O) groups excluding carboxylic acids is 2. The number of hydrogen-bond acceptors (Lipinski definition) is 4. The molecule has 2 amide bonds. The highest BCUT2D eigenvalue weighted by Crippen LogP contribution is 2.21. The standard InChI is InChI=1S/C28H24N4O3/c1-18-14-19(2)32(31-18)24-8-5-7-23(17-24)29-27(33)15-20-10-12-22(13-11-20)30-28(34)26-16-21-6-3-4-9-25(21)35-26/h3-14,16-17H,15H2,1-2H3,(H,29,33)(H,30,34). The average molecular weight is 465 g/mol. The largest absolute Gasteiger partial charge is 0.451 e. The molecule has 2 aromatic heterocycles. The van der Waals surface area contributed by atoms with Crippen molar-refractivity contribution in [3.63, 3.8) is 0 Å². The van der Waals surface area contributed by atoms with Gasteiger partial charge < -0.3 is 15.1 Å². The summed E-state index contributed by atoms with van der Waals surface area (Å²) in [5.41, 5.74) is 5.68. The molecular weight excluding hydrogens is 440 g/mol. The Bertz CT molecular complexity index is 1500. The topological polar surface area (TPSA) is 89.2 Å². The molecule has 5 aromatic rings. The van der Waals surface area contributed by atoms with Gasteiger partial charge in [0.05, 0.1) is 17.8 Å². The van der Waals surface area contributed by atoms with Gasteiger partial charge in [-0.1, -0.05) is 36.4 Å². The Labute approximate surface area is 202 Å². The molecule has 0 aliphatic rings. The number of aryl methyl sites for hydroxylation is 2. The number of amides is 2. The van der Waals surface area contributed by atoms with E-state index in [2.05, 4.69) is 15.7 Å². The molecule has 7 heteroatoms. The second-order valence-corrected chi connectivity index (χ2v) is 8.41. The first-order valence-corrected chi connectivity index (χ1v) is 11.3. The van der Waals surface area contributed by atoms with Gasteiger partial charge in [-0.3, -0.25) is 9.59 Å². The van der Waals surface area contributed by atoms with Gasteiger partial charge >= 0.3 is 0 Å². The van der Waals surface area contributed by atoms with E-state index in [4.69, 9.17) is 4.42 Å². The van der Waals surface area contributed by atoms with Crippen LogP contribution in [0.5, 0.6) is 0 Å². The lowest BCUT2D eigenvalue weighted by atomic mass is 10.1. The van der Waals surface area contributed by atoms with E-state index in [9.17, 15) is 9.59 Å². The summed E-state index contributed by atoms with van der Waals surface area (Å²) in [6.07, 6.45) is 0.210. The monoisotopic (exact) mass is 464 g/mol. The van der Waals surface area contributed by atoms with Crippen LogP contribution in [0.3, 0.4) is 0 Å². The number of rotatable bonds is 6. The minimum absolute atomic E-state index is 0.130. The van der Waals surface area contributed by atoms with Crippen LogP contribution in [0.1, 0.15) is 27.5 Å². The zero-order chi connectivity index (χ0) is 24.4.